The highest BCUT2D eigenvalue weighted by Gasteiger charge is 2.58. The van der Waals surface area contributed by atoms with Crippen molar-refractivity contribution in [3.05, 3.63) is 35.4 Å². The van der Waals surface area contributed by atoms with Crippen molar-refractivity contribution in [2.24, 2.45) is 0 Å². The molecule has 1 N–H and O–H groups in total. The van der Waals surface area contributed by atoms with Crippen LogP contribution in [0.4, 0.5) is 13.6 Å². The summed E-state index contributed by atoms with van der Waals surface area (Å²) >= 11 is 0. The molecule has 5 nitrogen and oxygen atoms in total. The number of amides is 2. The second kappa shape index (κ2) is 4.58. The predicted molar refractivity (Wildman–Crippen MR) is 59.5 cm³/mol. The van der Waals surface area contributed by atoms with E-state index in [9.17, 15) is 23.5 Å². The Hall–Kier alpha value is -2.02. The van der Waals surface area contributed by atoms with E-state index < -0.39 is 24.2 Å². The first-order valence-corrected chi connectivity index (χ1v) is 5.56. The molecule has 1 heterocycles. The molecule has 7 heteroatoms. The minimum absolute atomic E-state index is 0.0613. The van der Waals surface area contributed by atoms with Crippen LogP contribution < -0.4 is 0 Å². The van der Waals surface area contributed by atoms with Crippen LogP contribution in [0.5, 0.6) is 0 Å². The van der Waals surface area contributed by atoms with Crippen molar-refractivity contribution in [1.82, 2.24) is 4.90 Å². The van der Waals surface area contributed by atoms with E-state index in [1.54, 1.807) is 0 Å². The van der Waals surface area contributed by atoms with Gasteiger partial charge in [-0.3, -0.25) is 4.79 Å². The normalized spacial score (nSPS) is 21.7. The van der Waals surface area contributed by atoms with Crippen LogP contribution in [0.2, 0.25) is 0 Å². The lowest BCUT2D eigenvalue weighted by Gasteiger charge is -2.30. The number of imide groups is 1. The number of benzene rings is 1. The summed E-state index contributed by atoms with van der Waals surface area (Å²) < 4.78 is 30.9. The molecule has 0 fully saturated rings. The summed E-state index contributed by atoms with van der Waals surface area (Å²) in [6.07, 6.45) is -4.64. The van der Waals surface area contributed by atoms with E-state index in [1.807, 2.05) is 0 Å². The lowest BCUT2D eigenvalue weighted by molar-refractivity contribution is -0.168. The van der Waals surface area contributed by atoms with Gasteiger partial charge in [0.05, 0.1) is 6.61 Å². The molecule has 0 radical (unpaired) electrons. The van der Waals surface area contributed by atoms with Gasteiger partial charge in [0, 0.05) is 11.1 Å². The zero-order chi connectivity index (χ0) is 14.2. The van der Waals surface area contributed by atoms with Crippen molar-refractivity contribution >= 4 is 12.0 Å². The van der Waals surface area contributed by atoms with Gasteiger partial charge in [-0.15, -0.1) is 0 Å². The summed E-state index contributed by atoms with van der Waals surface area (Å²) in [6.45, 7) is 1.37. The van der Waals surface area contributed by atoms with Crippen molar-refractivity contribution < 1.29 is 28.2 Å². The quantitative estimate of drug-likeness (QED) is 0.889. The molecule has 1 aromatic rings. The number of hydrogen-bond acceptors (Lipinski definition) is 4. The van der Waals surface area contributed by atoms with Gasteiger partial charge < -0.3 is 9.84 Å². The van der Waals surface area contributed by atoms with Crippen LogP contribution >= 0.6 is 0 Å². The van der Waals surface area contributed by atoms with Crippen LogP contribution in [0.1, 0.15) is 22.8 Å². The lowest BCUT2D eigenvalue weighted by Crippen LogP contribution is -2.52. The monoisotopic (exact) mass is 271 g/mol. The first-order chi connectivity index (χ1) is 8.94. The molecule has 0 aromatic heterocycles. The summed E-state index contributed by atoms with van der Waals surface area (Å²) in [4.78, 5) is 23.7. The number of alkyl halides is 2. The maximum Gasteiger partial charge on any atom is 0.419 e. The smallest absolute Gasteiger partial charge is 0.419 e. The van der Waals surface area contributed by atoms with Gasteiger partial charge >= 0.3 is 6.09 Å². The summed E-state index contributed by atoms with van der Waals surface area (Å²) in [5.41, 5.74) is -3.43. The number of hydrogen-bond donors (Lipinski definition) is 1. The van der Waals surface area contributed by atoms with Crippen molar-refractivity contribution in [2.75, 3.05) is 6.61 Å². The lowest BCUT2D eigenvalue weighted by atomic mass is 10.0. The molecule has 19 heavy (non-hydrogen) atoms. The number of rotatable bonds is 2. The first-order valence-electron chi connectivity index (χ1n) is 5.56. The molecular weight excluding hydrogens is 260 g/mol. The molecule has 102 valence electrons. The van der Waals surface area contributed by atoms with Crippen molar-refractivity contribution in [1.29, 1.82) is 0 Å². The molecule has 1 aliphatic heterocycles. The second-order valence-corrected chi connectivity index (χ2v) is 3.91. The van der Waals surface area contributed by atoms with Gasteiger partial charge in [0.2, 0.25) is 5.72 Å². The number of ether oxygens (including phenoxy) is 1. The van der Waals surface area contributed by atoms with E-state index in [2.05, 4.69) is 4.74 Å². The second-order valence-electron chi connectivity index (χ2n) is 3.91. The highest BCUT2D eigenvalue weighted by molar-refractivity contribution is 6.07. The summed E-state index contributed by atoms with van der Waals surface area (Å²) in [5.74, 6) is -1.00. The summed E-state index contributed by atoms with van der Waals surface area (Å²) in [7, 11) is 0. The van der Waals surface area contributed by atoms with Crippen molar-refractivity contribution in [3.63, 3.8) is 0 Å². The zero-order valence-electron chi connectivity index (χ0n) is 9.97. The van der Waals surface area contributed by atoms with E-state index >= 15 is 0 Å². The van der Waals surface area contributed by atoms with Gasteiger partial charge in [0.25, 0.3) is 12.3 Å². The number of nitrogens with zero attached hydrogens (tertiary/aromatic N) is 1. The molecule has 0 bridgehead atoms. The van der Waals surface area contributed by atoms with Crippen LogP contribution in [0, 0.1) is 0 Å². The molecule has 0 saturated carbocycles. The number of halogens is 2. The van der Waals surface area contributed by atoms with Crippen LogP contribution in [0.3, 0.4) is 0 Å². The van der Waals surface area contributed by atoms with Gasteiger partial charge in [0.15, 0.2) is 0 Å². The van der Waals surface area contributed by atoms with E-state index in [1.165, 1.54) is 31.2 Å². The number of carbonyl (C=O) groups is 2. The van der Waals surface area contributed by atoms with Crippen LogP contribution in [0.15, 0.2) is 24.3 Å². The Morgan fingerprint density at radius 3 is 2.68 bits per heavy atom. The number of fused-ring (bicyclic) bond motifs is 1. The molecule has 0 saturated heterocycles. The molecule has 1 unspecified atom stereocenters. The minimum Gasteiger partial charge on any atom is -0.449 e. The first kappa shape index (κ1) is 13.4. The molecule has 1 aliphatic rings. The SMILES string of the molecule is CCOC(=O)N1C(=O)c2ccccc2C1(O)C(F)F. The van der Waals surface area contributed by atoms with Gasteiger partial charge in [-0.1, -0.05) is 18.2 Å². The number of aliphatic hydroxyl groups is 1. The fourth-order valence-electron chi connectivity index (χ4n) is 2.01. The predicted octanol–water partition coefficient (Wildman–Crippen LogP) is 1.71. The Labute approximate surface area is 107 Å². The Bertz CT molecular complexity index is 534. The van der Waals surface area contributed by atoms with Gasteiger partial charge in [0.1, 0.15) is 0 Å². The molecule has 2 rings (SSSR count). The molecule has 1 aromatic carbocycles. The van der Waals surface area contributed by atoms with Gasteiger partial charge in [-0.05, 0) is 13.0 Å². The average molecular weight is 271 g/mol. The van der Waals surface area contributed by atoms with Crippen LogP contribution in [0.25, 0.3) is 0 Å². The van der Waals surface area contributed by atoms with E-state index in [0.717, 1.165) is 0 Å². The average Bonchev–Trinajstić information content (AvgIpc) is 2.61. The van der Waals surface area contributed by atoms with Crippen LogP contribution in [-0.4, -0.2) is 35.0 Å². The Balaban J connectivity index is 2.57. The maximum atomic E-state index is 13.2. The van der Waals surface area contributed by atoms with Gasteiger partial charge in [-0.25, -0.2) is 18.5 Å². The third kappa shape index (κ3) is 1.77. The van der Waals surface area contributed by atoms with Crippen LogP contribution in [-0.2, 0) is 10.5 Å². The topological polar surface area (TPSA) is 66.8 Å². The highest BCUT2D eigenvalue weighted by Crippen LogP contribution is 2.41. The minimum atomic E-state index is -3.34. The molecule has 0 spiro atoms. The largest absolute Gasteiger partial charge is 0.449 e. The zero-order valence-corrected chi connectivity index (χ0v) is 9.97. The molecule has 0 aliphatic carbocycles. The third-order valence-corrected chi connectivity index (χ3v) is 2.85. The Morgan fingerprint density at radius 1 is 1.47 bits per heavy atom. The third-order valence-electron chi connectivity index (χ3n) is 2.85. The van der Waals surface area contributed by atoms with Gasteiger partial charge in [-0.2, -0.15) is 0 Å². The molecule has 2 amide bonds. The fraction of sp³-hybridized carbons (Fsp3) is 0.333. The van der Waals surface area contributed by atoms with E-state index in [0.29, 0.717) is 0 Å². The molecule has 1 atom stereocenters. The maximum absolute atomic E-state index is 13.2. The fourth-order valence-corrected chi connectivity index (χ4v) is 2.01. The van der Waals surface area contributed by atoms with Crippen molar-refractivity contribution in [2.45, 2.75) is 19.1 Å². The summed E-state index contributed by atoms with van der Waals surface area (Å²) in [6, 6.07) is 5.30. The Kier molecular flexibility index (Phi) is 3.23. The summed E-state index contributed by atoms with van der Waals surface area (Å²) in [5, 5.41) is 10.1. The van der Waals surface area contributed by atoms with Crippen molar-refractivity contribution in [3.8, 4) is 0 Å². The van der Waals surface area contributed by atoms with E-state index in [-0.39, 0.29) is 22.6 Å². The standard InChI is InChI=1S/C12H11F2NO4/c1-2-19-11(17)15-9(16)7-5-3-4-6-8(7)12(15,18)10(13)14/h3-6,10,18H,2H2,1H3. The highest BCUT2D eigenvalue weighted by atomic mass is 19.3. The van der Waals surface area contributed by atoms with E-state index in [4.69, 9.17) is 0 Å². The number of carbonyl (C=O) groups excluding carboxylic acids is 2. The Morgan fingerprint density at radius 2 is 2.11 bits per heavy atom. The molecular formula is C12H11F2NO4.